The molecule has 17 heavy (non-hydrogen) atoms. The predicted octanol–water partition coefficient (Wildman–Crippen LogP) is 2.26. The van der Waals surface area contributed by atoms with Gasteiger partial charge in [0.1, 0.15) is 5.75 Å². The second kappa shape index (κ2) is 5.52. The minimum Gasteiger partial charge on any atom is -0.497 e. The first kappa shape index (κ1) is 12.4. The number of rotatable bonds is 4. The number of benzene rings is 1. The number of ether oxygens (including phenoxy) is 1. The Balaban J connectivity index is 1.96. The lowest BCUT2D eigenvalue weighted by Crippen LogP contribution is -2.37. The Kier molecular flexibility index (Phi) is 4.02. The van der Waals surface area contributed by atoms with Crippen LogP contribution in [0.15, 0.2) is 24.3 Å². The summed E-state index contributed by atoms with van der Waals surface area (Å²) in [5.74, 6) is 0.877. The molecule has 0 heterocycles. The maximum Gasteiger partial charge on any atom is 0.118 e. The van der Waals surface area contributed by atoms with Crippen molar-refractivity contribution in [3.8, 4) is 5.75 Å². The van der Waals surface area contributed by atoms with Gasteiger partial charge in [0.15, 0.2) is 0 Å². The highest BCUT2D eigenvalue weighted by Gasteiger charge is 2.26. The number of nitrogens with one attached hydrogen (secondary N) is 1. The third-order valence-electron chi connectivity index (χ3n) is 3.56. The molecule has 0 aliphatic heterocycles. The number of hydrogen-bond acceptors (Lipinski definition) is 3. The number of aliphatic hydroxyl groups is 1. The highest BCUT2D eigenvalue weighted by molar-refractivity contribution is 5.28. The molecular weight excluding hydrogens is 214 g/mol. The quantitative estimate of drug-likeness (QED) is 0.841. The number of hydrogen-bond donors (Lipinski definition) is 2. The third-order valence-corrected chi connectivity index (χ3v) is 3.56. The van der Waals surface area contributed by atoms with Gasteiger partial charge in [0, 0.05) is 12.1 Å². The molecule has 1 aromatic rings. The van der Waals surface area contributed by atoms with Gasteiger partial charge in [0.2, 0.25) is 0 Å². The Morgan fingerprint density at radius 3 is 2.53 bits per heavy atom. The molecule has 3 nitrogen and oxygen atoms in total. The van der Waals surface area contributed by atoms with Crippen molar-refractivity contribution in [1.82, 2.24) is 5.32 Å². The van der Waals surface area contributed by atoms with E-state index < -0.39 is 0 Å². The zero-order valence-corrected chi connectivity index (χ0v) is 10.5. The highest BCUT2D eigenvalue weighted by Crippen LogP contribution is 2.23. The molecule has 3 atom stereocenters. The minimum atomic E-state index is -0.185. The Morgan fingerprint density at radius 1 is 1.29 bits per heavy atom. The molecule has 1 saturated carbocycles. The van der Waals surface area contributed by atoms with Crippen LogP contribution in [0.2, 0.25) is 0 Å². The molecule has 3 heteroatoms. The maximum absolute atomic E-state index is 9.78. The normalized spacial score (nSPS) is 25.8. The predicted molar refractivity (Wildman–Crippen MR) is 68.2 cm³/mol. The van der Waals surface area contributed by atoms with Gasteiger partial charge < -0.3 is 15.2 Å². The molecule has 1 unspecified atom stereocenters. The second-order valence-electron chi connectivity index (χ2n) is 4.77. The van der Waals surface area contributed by atoms with Crippen LogP contribution in [0.5, 0.6) is 5.75 Å². The van der Waals surface area contributed by atoms with E-state index in [9.17, 15) is 5.11 Å². The highest BCUT2D eigenvalue weighted by atomic mass is 16.5. The molecule has 1 aliphatic rings. The van der Waals surface area contributed by atoms with Crippen LogP contribution in [-0.2, 0) is 0 Å². The van der Waals surface area contributed by atoms with Gasteiger partial charge in [-0.2, -0.15) is 0 Å². The molecule has 0 bridgehead atoms. The molecule has 1 aromatic carbocycles. The van der Waals surface area contributed by atoms with Crippen molar-refractivity contribution in [3.63, 3.8) is 0 Å². The van der Waals surface area contributed by atoms with Crippen molar-refractivity contribution in [2.24, 2.45) is 0 Å². The van der Waals surface area contributed by atoms with E-state index in [-0.39, 0.29) is 18.2 Å². The first-order valence-corrected chi connectivity index (χ1v) is 6.29. The van der Waals surface area contributed by atoms with Gasteiger partial charge in [-0.3, -0.25) is 0 Å². The van der Waals surface area contributed by atoms with Gasteiger partial charge in [-0.05, 0) is 43.9 Å². The summed E-state index contributed by atoms with van der Waals surface area (Å²) in [7, 11) is 1.67. The van der Waals surface area contributed by atoms with Crippen molar-refractivity contribution >= 4 is 0 Å². The Labute approximate surface area is 103 Å². The van der Waals surface area contributed by atoms with Gasteiger partial charge >= 0.3 is 0 Å². The standard InChI is InChI=1S/C14H21NO2/c1-10(15-13-4-3-5-14(13)16)11-6-8-12(17-2)9-7-11/h6-10,13-16H,3-5H2,1-2H3/t10?,13-,14-/m0/s1. The van der Waals surface area contributed by atoms with Crippen LogP contribution in [0.25, 0.3) is 0 Å². The van der Waals surface area contributed by atoms with E-state index in [1.165, 1.54) is 5.56 Å². The molecule has 0 radical (unpaired) electrons. The van der Waals surface area contributed by atoms with E-state index in [0.29, 0.717) is 0 Å². The maximum atomic E-state index is 9.78. The molecule has 1 fully saturated rings. The van der Waals surface area contributed by atoms with Gasteiger partial charge in [-0.15, -0.1) is 0 Å². The lowest BCUT2D eigenvalue weighted by atomic mass is 10.1. The lowest BCUT2D eigenvalue weighted by Gasteiger charge is -2.22. The smallest absolute Gasteiger partial charge is 0.118 e. The number of methoxy groups -OCH3 is 1. The van der Waals surface area contributed by atoms with Crippen LogP contribution in [0.1, 0.15) is 37.8 Å². The van der Waals surface area contributed by atoms with Gasteiger partial charge in [0.05, 0.1) is 13.2 Å². The fraction of sp³-hybridized carbons (Fsp3) is 0.571. The van der Waals surface area contributed by atoms with Gasteiger partial charge in [-0.25, -0.2) is 0 Å². The molecule has 1 aliphatic carbocycles. The average molecular weight is 235 g/mol. The van der Waals surface area contributed by atoms with E-state index in [0.717, 1.165) is 25.0 Å². The van der Waals surface area contributed by atoms with Crippen molar-refractivity contribution in [1.29, 1.82) is 0 Å². The van der Waals surface area contributed by atoms with Crippen LogP contribution >= 0.6 is 0 Å². The van der Waals surface area contributed by atoms with E-state index in [2.05, 4.69) is 24.4 Å². The van der Waals surface area contributed by atoms with Crippen LogP contribution in [0.4, 0.5) is 0 Å². The van der Waals surface area contributed by atoms with Gasteiger partial charge in [0.25, 0.3) is 0 Å². The second-order valence-corrected chi connectivity index (χ2v) is 4.77. The van der Waals surface area contributed by atoms with E-state index in [1.807, 2.05) is 12.1 Å². The first-order chi connectivity index (χ1) is 8.20. The largest absolute Gasteiger partial charge is 0.497 e. The summed E-state index contributed by atoms with van der Waals surface area (Å²) in [5, 5.41) is 13.3. The molecule has 2 rings (SSSR count). The molecule has 0 amide bonds. The summed E-state index contributed by atoms with van der Waals surface area (Å²) >= 11 is 0. The average Bonchev–Trinajstić information content (AvgIpc) is 2.75. The van der Waals surface area contributed by atoms with E-state index in [1.54, 1.807) is 7.11 Å². The first-order valence-electron chi connectivity index (χ1n) is 6.29. The molecule has 94 valence electrons. The fourth-order valence-corrected chi connectivity index (χ4v) is 2.44. The number of aliphatic hydroxyl groups excluding tert-OH is 1. The van der Waals surface area contributed by atoms with Crippen LogP contribution in [-0.4, -0.2) is 24.4 Å². The zero-order chi connectivity index (χ0) is 12.3. The lowest BCUT2D eigenvalue weighted by molar-refractivity contribution is 0.144. The Hall–Kier alpha value is -1.06. The summed E-state index contributed by atoms with van der Waals surface area (Å²) in [6.07, 6.45) is 2.93. The molecule has 2 N–H and O–H groups in total. The molecule has 0 aromatic heterocycles. The molecule has 0 saturated heterocycles. The summed E-state index contributed by atoms with van der Waals surface area (Å²) in [4.78, 5) is 0. The topological polar surface area (TPSA) is 41.5 Å². The van der Waals surface area contributed by atoms with Crippen molar-refractivity contribution in [2.75, 3.05) is 7.11 Å². The third kappa shape index (κ3) is 2.99. The SMILES string of the molecule is COc1ccc(C(C)N[C@H]2CCC[C@@H]2O)cc1. The fourth-order valence-electron chi connectivity index (χ4n) is 2.44. The van der Waals surface area contributed by atoms with Crippen molar-refractivity contribution in [2.45, 2.75) is 44.4 Å². The summed E-state index contributed by atoms with van der Waals surface area (Å²) in [5.41, 5.74) is 1.23. The van der Waals surface area contributed by atoms with E-state index in [4.69, 9.17) is 4.74 Å². The Morgan fingerprint density at radius 2 is 2.00 bits per heavy atom. The summed E-state index contributed by atoms with van der Waals surface area (Å²) in [6, 6.07) is 8.58. The minimum absolute atomic E-state index is 0.185. The van der Waals surface area contributed by atoms with Crippen LogP contribution in [0.3, 0.4) is 0 Å². The monoisotopic (exact) mass is 235 g/mol. The van der Waals surface area contributed by atoms with Crippen LogP contribution < -0.4 is 10.1 Å². The molecular formula is C14H21NO2. The van der Waals surface area contributed by atoms with E-state index >= 15 is 0 Å². The summed E-state index contributed by atoms with van der Waals surface area (Å²) in [6.45, 7) is 2.13. The van der Waals surface area contributed by atoms with Gasteiger partial charge in [-0.1, -0.05) is 12.1 Å². The van der Waals surface area contributed by atoms with Crippen LogP contribution in [0, 0.1) is 0 Å². The summed E-state index contributed by atoms with van der Waals surface area (Å²) < 4.78 is 5.14. The van der Waals surface area contributed by atoms with Crippen molar-refractivity contribution < 1.29 is 9.84 Å². The zero-order valence-electron chi connectivity index (χ0n) is 10.5. The molecule has 0 spiro atoms. The Bertz CT molecular complexity index is 350. The van der Waals surface area contributed by atoms with Crippen molar-refractivity contribution in [3.05, 3.63) is 29.8 Å².